The SMILES string of the molecule is CCCNC(=O)CCNC(=O)c1ccc(C#N)cc1. The number of nitrogens with zero attached hydrogens (tertiary/aromatic N) is 1. The zero-order valence-electron chi connectivity index (χ0n) is 10.9. The van der Waals surface area contributed by atoms with E-state index in [2.05, 4.69) is 10.6 Å². The molecule has 1 rings (SSSR count). The molecule has 5 heteroatoms. The van der Waals surface area contributed by atoms with Crippen LogP contribution in [0.2, 0.25) is 0 Å². The Hall–Kier alpha value is -2.35. The van der Waals surface area contributed by atoms with Crippen molar-refractivity contribution in [1.29, 1.82) is 5.26 Å². The maximum Gasteiger partial charge on any atom is 0.251 e. The van der Waals surface area contributed by atoms with E-state index >= 15 is 0 Å². The Morgan fingerprint density at radius 2 is 1.84 bits per heavy atom. The molecule has 1 aromatic rings. The molecule has 0 fully saturated rings. The van der Waals surface area contributed by atoms with Crippen LogP contribution in [0.5, 0.6) is 0 Å². The summed E-state index contributed by atoms with van der Waals surface area (Å²) in [4.78, 5) is 23.0. The predicted octanol–water partition coefficient (Wildman–Crippen LogP) is 1.20. The quantitative estimate of drug-likeness (QED) is 0.805. The van der Waals surface area contributed by atoms with Crippen molar-refractivity contribution in [2.45, 2.75) is 19.8 Å². The maximum atomic E-state index is 11.7. The molecular weight excluding hydrogens is 242 g/mol. The fraction of sp³-hybridized carbons (Fsp3) is 0.357. The Bertz CT molecular complexity index is 474. The molecular formula is C14H17N3O2. The zero-order chi connectivity index (χ0) is 14.1. The van der Waals surface area contributed by atoms with E-state index in [4.69, 9.17) is 5.26 Å². The molecule has 0 radical (unpaired) electrons. The summed E-state index contributed by atoms with van der Waals surface area (Å²) in [7, 11) is 0. The van der Waals surface area contributed by atoms with Gasteiger partial charge in [0, 0.05) is 25.1 Å². The van der Waals surface area contributed by atoms with Crippen molar-refractivity contribution < 1.29 is 9.59 Å². The molecule has 0 aliphatic carbocycles. The third-order valence-corrected chi connectivity index (χ3v) is 2.49. The van der Waals surface area contributed by atoms with Gasteiger partial charge in [0.05, 0.1) is 11.6 Å². The summed E-state index contributed by atoms with van der Waals surface area (Å²) in [6.07, 6.45) is 1.16. The molecule has 0 aromatic heterocycles. The van der Waals surface area contributed by atoms with Crippen LogP contribution < -0.4 is 10.6 Å². The molecule has 0 atom stereocenters. The van der Waals surface area contributed by atoms with E-state index in [0.717, 1.165) is 6.42 Å². The van der Waals surface area contributed by atoms with Crippen molar-refractivity contribution in [3.63, 3.8) is 0 Å². The van der Waals surface area contributed by atoms with E-state index in [0.29, 0.717) is 24.2 Å². The average molecular weight is 259 g/mol. The lowest BCUT2D eigenvalue weighted by Crippen LogP contribution is -2.31. The molecule has 2 amide bonds. The fourth-order valence-corrected chi connectivity index (χ4v) is 1.44. The van der Waals surface area contributed by atoms with Gasteiger partial charge in [-0.15, -0.1) is 0 Å². The van der Waals surface area contributed by atoms with Gasteiger partial charge in [0.15, 0.2) is 0 Å². The summed E-state index contributed by atoms with van der Waals surface area (Å²) in [5.41, 5.74) is 0.989. The number of nitrogens with one attached hydrogen (secondary N) is 2. The average Bonchev–Trinajstić information content (AvgIpc) is 2.45. The highest BCUT2D eigenvalue weighted by Gasteiger charge is 2.06. The van der Waals surface area contributed by atoms with E-state index in [1.807, 2.05) is 13.0 Å². The number of amides is 2. The number of rotatable bonds is 6. The Kier molecular flexibility index (Phi) is 6.10. The van der Waals surface area contributed by atoms with E-state index in [1.165, 1.54) is 0 Å². The van der Waals surface area contributed by atoms with Crippen molar-refractivity contribution in [2.24, 2.45) is 0 Å². The summed E-state index contributed by atoms with van der Waals surface area (Å²) in [5, 5.41) is 14.0. The third kappa shape index (κ3) is 5.21. The van der Waals surface area contributed by atoms with Crippen molar-refractivity contribution in [3.8, 4) is 6.07 Å². The van der Waals surface area contributed by atoms with Crippen LogP contribution in [-0.2, 0) is 4.79 Å². The minimum atomic E-state index is -0.243. The lowest BCUT2D eigenvalue weighted by molar-refractivity contribution is -0.120. The minimum Gasteiger partial charge on any atom is -0.356 e. The first kappa shape index (κ1) is 14.7. The number of benzene rings is 1. The lowest BCUT2D eigenvalue weighted by atomic mass is 10.1. The smallest absolute Gasteiger partial charge is 0.251 e. The van der Waals surface area contributed by atoms with Crippen LogP contribution in [0.1, 0.15) is 35.7 Å². The second-order valence-electron chi connectivity index (χ2n) is 4.05. The summed E-state index contributed by atoms with van der Waals surface area (Å²) in [6.45, 7) is 2.93. The monoisotopic (exact) mass is 259 g/mol. The Morgan fingerprint density at radius 3 is 2.42 bits per heavy atom. The van der Waals surface area contributed by atoms with Crippen LogP contribution in [0.25, 0.3) is 0 Å². The van der Waals surface area contributed by atoms with Gasteiger partial charge in [0.25, 0.3) is 5.91 Å². The number of hydrogen-bond acceptors (Lipinski definition) is 3. The number of carbonyl (C=O) groups is 2. The molecule has 0 aliphatic heterocycles. The van der Waals surface area contributed by atoms with Crippen molar-refractivity contribution in [3.05, 3.63) is 35.4 Å². The predicted molar refractivity (Wildman–Crippen MR) is 71.4 cm³/mol. The van der Waals surface area contributed by atoms with Gasteiger partial charge in [-0.25, -0.2) is 0 Å². The molecule has 19 heavy (non-hydrogen) atoms. The largest absolute Gasteiger partial charge is 0.356 e. The number of nitriles is 1. The van der Waals surface area contributed by atoms with E-state index < -0.39 is 0 Å². The second-order valence-corrected chi connectivity index (χ2v) is 4.05. The minimum absolute atomic E-state index is 0.0676. The highest BCUT2D eigenvalue weighted by atomic mass is 16.2. The van der Waals surface area contributed by atoms with Gasteiger partial charge < -0.3 is 10.6 Å². The van der Waals surface area contributed by atoms with Gasteiger partial charge in [-0.2, -0.15) is 5.26 Å². The van der Waals surface area contributed by atoms with Gasteiger partial charge in [-0.1, -0.05) is 6.92 Å². The van der Waals surface area contributed by atoms with Crippen LogP contribution in [0.15, 0.2) is 24.3 Å². The molecule has 0 unspecified atom stereocenters. The second kappa shape index (κ2) is 7.88. The maximum absolute atomic E-state index is 11.7. The normalized spacial score (nSPS) is 9.47. The number of carbonyl (C=O) groups excluding carboxylic acids is 2. The summed E-state index contributed by atoms with van der Waals surface area (Å²) in [5.74, 6) is -0.310. The molecule has 0 bridgehead atoms. The Balaban J connectivity index is 2.35. The number of hydrogen-bond donors (Lipinski definition) is 2. The molecule has 0 saturated carbocycles. The van der Waals surface area contributed by atoms with Gasteiger partial charge >= 0.3 is 0 Å². The van der Waals surface area contributed by atoms with Gasteiger partial charge in [0.1, 0.15) is 0 Å². The van der Waals surface area contributed by atoms with Crippen LogP contribution >= 0.6 is 0 Å². The van der Waals surface area contributed by atoms with Gasteiger partial charge in [0.2, 0.25) is 5.91 Å². The van der Waals surface area contributed by atoms with Crippen LogP contribution in [-0.4, -0.2) is 24.9 Å². The highest BCUT2D eigenvalue weighted by molar-refractivity contribution is 5.94. The topological polar surface area (TPSA) is 82.0 Å². The Morgan fingerprint density at radius 1 is 1.16 bits per heavy atom. The zero-order valence-corrected chi connectivity index (χ0v) is 10.9. The summed E-state index contributed by atoms with van der Waals surface area (Å²) in [6, 6.07) is 8.34. The van der Waals surface area contributed by atoms with E-state index in [1.54, 1.807) is 24.3 Å². The molecule has 0 spiro atoms. The van der Waals surface area contributed by atoms with Crippen LogP contribution in [0.4, 0.5) is 0 Å². The first-order valence-corrected chi connectivity index (χ1v) is 6.22. The van der Waals surface area contributed by atoms with Gasteiger partial charge in [-0.05, 0) is 30.7 Å². The van der Waals surface area contributed by atoms with E-state index in [9.17, 15) is 9.59 Å². The molecule has 100 valence electrons. The molecule has 0 saturated heterocycles. The first-order chi connectivity index (χ1) is 9.17. The van der Waals surface area contributed by atoms with Crippen molar-refractivity contribution in [2.75, 3.05) is 13.1 Å². The fourth-order valence-electron chi connectivity index (χ4n) is 1.44. The Labute approximate surface area is 112 Å². The lowest BCUT2D eigenvalue weighted by Gasteiger charge is -2.06. The standard InChI is InChI=1S/C14H17N3O2/c1-2-8-16-13(18)7-9-17-14(19)12-5-3-11(10-15)4-6-12/h3-6H,2,7-9H2,1H3,(H,16,18)(H,17,19). The third-order valence-electron chi connectivity index (χ3n) is 2.49. The molecule has 1 aromatic carbocycles. The summed E-state index contributed by atoms with van der Waals surface area (Å²) < 4.78 is 0. The molecule has 5 nitrogen and oxygen atoms in total. The summed E-state index contributed by atoms with van der Waals surface area (Å²) >= 11 is 0. The van der Waals surface area contributed by atoms with Gasteiger partial charge in [-0.3, -0.25) is 9.59 Å². The van der Waals surface area contributed by atoms with Crippen molar-refractivity contribution >= 4 is 11.8 Å². The molecule has 0 heterocycles. The van der Waals surface area contributed by atoms with Crippen molar-refractivity contribution in [1.82, 2.24) is 10.6 Å². The highest BCUT2D eigenvalue weighted by Crippen LogP contribution is 2.02. The molecule has 2 N–H and O–H groups in total. The first-order valence-electron chi connectivity index (χ1n) is 6.22. The van der Waals surface area contributed by atoms with E-state index in [-0.39, 0.29) is 18.2 Å². The molecule has 0 aliphatic rings. The van der Waals surface area contributed by atoms with Crippen LogP contribution in [0, 0.1) is 11.3 Å². The van der Waals surface area contributed by atoms with Crippen LogP contribution in [0.3, 0.4) is 0 Å².